The molecule has 2 rings (SSSR count). The SMILES string of the molecule is COCc1ccc(CNc2cccc(Cl)c2C)cc1. The number of halogens is 1. The van der Waals surface area contributed by atoms with Crippen LogP contribution in [0.25, 0.3) is 0 Å². The Morgan fingerprint density at radius 1 is 1.05 bits per heavy atom. The first-order chi connectivity index (χ1) is 9.20. The molecule has 0 heterocycles. The van der Waals surface area contributed by atoms with Gasteiger partial charge >= 0.3 is 0 Å². The number of hydrogen-bond acceptors (Lipinski definition) is 2. The van der Waals surface area contributed by atoms with Crippen LogP contribution in [0.1, 0.15) is 16.7 Å². The molecule has 0 amide bonds. The van der Waals surface area contributed by atoms with Gasteiger partial charge in [0, 0.05) is 24.4 Å². The lowest BCUT2D eigenvalue weighted by atomic mass is 10.1. The number of hydrogen-bond donors (Lipinski definition) is 1. The first-order valence-electron chi connectivity index (χ1n) is 6.26. The maximum Gasteiger partial charge on any atom is 0.0713 e. The number of methoxy groups -OCH3 is 1. The molecule has 0 unspecified atom stereocenters. The summed E-state index contributed by atoms with van der Waals surface area (Å²) >= 11 is 6.10. The van der Waals surface area contributed by atoms with E-state index in [9.17, 15) is 0 Å². The highest BCUT2D eigenvalue weighted by molar-refractivity contribution is 6.31. The van der Waals surface area contributed by atoms with Gasteiger partial charge in [0.1, 0.15) is 0 Å². The number of ether oxygens (including phenoxy) is 1. The molecule has 0 aliphatic carbocycles. The standard InChI is InChI=1S/C16H18ClNO/c1-12-15(17)4-3-5-16(12)18-10-13-6-8-14(9-7-13)11-19-2/h3-9,18H,10-11H2,1-2H3. The fourth-order valence-electron chi connectivity index (χ4n) is 1.92. The predicted molar refractivity (Wildman–Crippen MR) is 80.7 cm³/mol. The summed E-state index contributed by atoms with van der Waals surface area (Å²) in [7, 11) is 1.71. The summed E-state index contributed by atoms with van der Waals surface area (Å²) in [6.45, 7) is 3.46. The van der Waals surface area contributed by atoms with Crippen LogP contribution in [0.4, 0.5) is 5.69 Å². The van der Waals surface area contributed by atoms with Gasteiger partial charge in [-0.2, -0.15) is 0 Å². The highest BCUT2D eigenvalue weighted by Crippen LogP contribution is 2.23. The van der Waals surface area contributed by atoms with Crippen molar-refractivity contribution >= 4 is 17.3 Å². The van der Waals surface area contributed by atoms with Gasteiger partial charge in [0.25, 0.3) is 0 Å². The van der Waals surface area contributed by atoms with E-state index < -0.39 is 0 Å². The van der Waals surface area contributed by atoms with E-state index in [1.807, 2.05) is 25.1 Å². The lowest BCUT2D eigenvalue weighted by molar-refractivity contribution is 0.185. The van der Waals surface area contributed by atoms with Crippen LogP contribution >= 0.6 is 11.6 Å². The summed E-state index contributed by atoms with van der Waals surface area (Å²) in [5.41, 5.74) is 4.58. The predicted octanol–water partition coefficient (Wildman–Crippen LogP) is 4.41. The highest BCUT2D eigenvalue weighted by atomic mass is 35.5. The Morgan fingerprint density at radius 3 is 2.42 bits per heavy atom. The molecule has 0 saturated heterocycles. The number of rotatable bonds is 5. The minimum atomic E-state index is 0.654. The molecule has 100 valence electrons. The van der Waals surface area contributed by atoms with E-state index in [-0.39, 0.29) is 0 Å². The Balaban J connectivity index is 2.00. The fraction of sp³-hybridized carbons (Fsp3) is 0.250. The molecular weight excluding hydrogens is 258 g/mol. The molecular formula is C16H18ClNO. The second kappa shape index (κ2) is 6.60. The van der Waals surface area contributed by atoms with Crippen molar-refractivity contribution < 1.29 is 4.74 Å². The summed E-state index contributed by atoms with van der Waals surface area (Å²) in [4.78, 5) is 0. The fourth-order valence-corrected chi connectivity index (χ4v) is 2.09. The average molecular weight is 276 g/mol. The van der Waals surface area contributed by atoms with Gasteiger partial charge in [-0.05, 0) is 35.7 Å². The topological polar surface area (TPSA) is 21.3 Å². The molecule has 0 aliphatic heterocycles. The molecule has 0 aliphatic rings. The first-order valence-corrected chi connectivity index (χ1v) is 6.64. The van der Waals surface area contributed by atoms with Crippen LogP contribution in [-0.4, -0.2) is 7.11 Å². The molecule has 0 spiro atoms. The van der Waals surface area contributed by atoms with Crippen molar-refractivity contribution in [2.24, 2.45) is 0 Å². The van der Waals surface area contributed by atoms with Crippen LogP contribution in [0.15, 0.2) is 42.5 Å². The first kappa shape index (κ1) is 13.9. The smallest absolute Gasteiger partial charge is 0.0713 e. The summed E-state index contributed by atoms with van der Waals surface area (Å²) < 4.78 is 5.10. The van der Waals surface area contributed by atoms with E-state index >= 15 is 0 Å². The van der Waals surface area contributed by atoms with Crippen molar-refractivity contribution in [3.8, 4) is 0 Å². The van der Waals surface area contributed by atoms with Crippen LogP contribution in [-0.2, 0) is 17.9 Å². The third-order valence-corrected chi connectivity index (χ3v) is 3.49. The Morgan fingerprint density at radius 2 is 1.74 bits per heavy atom. The quantitative estimate of drug-likeness (QED) is 0.873. The second-order valence-corrected chi connectivity index (χ2v) is 4.92. The average Bonchev–Trinajstić information content (AvgIpc) is 2.42. The van der Waals surface area contributed by atoms with E-state index in [1.165, 1.54) is 11.1 Å². The Bertz CT molecular complexity index is 537. The van der Waals surface area contributed by atoms with Gasteiger partial charge in [-0.3, -0.25) is 0 Å². The lowest BCUT2D eigenvalue weighted by Crippen LogP contribution is -2.01. The Hall–Kier alpha value is -1.51. The summed E-state index contributed by atoms with van der Waals surface area (Å²) in [6.07, 6.45) is 0. The van der Waals surface area contributed by atoms with Crippen molar-refractivity contribution in [2.45, 2.75) is 20.1 Å². The zero-order valence-electron chi connectivity index (χ0n) is 11.2. The maximum atomic E-state index is 6.10. The van der Waals surface area contributed by atoms with Gasteiger partial charge in [-0.15, -0.1) is 0 Å². The second-order valence-electron chi connectivity index (χ2n) is 4.52. The van der Waals surface area contributed by atoms with Crippen molar-refractivity contribution in [3.05, 3.63) is 64.2 Å². The summed E-state index contributed by atoms with van der Waals surface area (Å²) in [5.74, 6) is 0. The van der Waals surface area contributed by atoms with E-state index in [0.29, 0.717) is 6.61 Å². The zero-order valence-corrected chi connectivity index (χ0v) is 12.0. The Kier molecular flexibility index (Phi) is 4.83. The van der Waals surface area contributed by atoms with Gasteiger partial charge in [-0.1, -0.05) is 41.9 Å². The molecule has 2 nitrogen and oxygen atoms in total. The van der Waals surface area contributed by atoms with Gasteiger partial charge in [0.15, 0.2) is 0 Å². The van der Waals surface area contributed by atoms with Crippen LogP contribution in [0.5, 0.6) is 0 Å². The molecule has 0 aromatic heterocycles. The van der Waals surface area contributed by atoms with Crippen LogP contribution < -0.4 is 5.32 Å². The van der Waals surface area contributed by atoms with E-state index in [4.69, 9.17) is 16.3 Å². The number of benzene rings is 2. The van der Waals surface area contributed by atoms with E-state index in [1.54, 1.807) is 7.11 Å². The van der Waals surface area contributed by atoms with Gasteiger partial charge < -0.3 is 10.1 Å². The number of anilines is 1. The minimum absolute atomic E-state index is 0.654. The van der Waals surface area contributed by atoms with Crippen LogP contribution in [0.3, 0.4) is 0 Å². The number of nitrogens with one attached hydrogen (secondary N) is 1. The molecule has 0 saturated carbocycles. The molecule has 0 bridgehead atoms. The molecule has 0 fully saturated rings. The molecule has 2 aromatic carbocycles. The maximum absolute atomic E-state index is 6.10. The summed E-state index contributed by atoms with van der Waals surface area (Å²) in [5, 5.41) is 4.20. The van der Waals surface area contributed by atoms with Crippen molar-refractivity contribution in [3.63, 3.8) is 0 Å². The van der Waals surface area contributed by atoms with Crippen molar-refractivity contribution in [1.82, 2.24) is 0 Å². The Labute approximate surface area is 119 Å². The zero-order chi connectivity index (χ0) is 13.7. The largest absolute Gasteiger partial charge is 0.381 e. The normalized spacial score (nSPS) is 10.5. The molecule has 19 heavy (non-hydrogen) atoms. The molecule has 1 N–H and O–H groups in total. The highest BCUT2D eigenvalue weighted by Gasteiger charge is 2.01. The molecule has 2 aromatic rings. The van der Waals surface area contributed by atoms with Crippen molar-refractivity contribution in [1.29, 1.82) is 0 Å². The van der Waals surface area contributed by atoms with E-state index in [2.05, 4.69) is 29.6 Å². The molecule has 0 atom stereocenters. The van der Waals surface area contributed by atoms with Gasteiger partial charge in [0.05, 0.1) is 6.61 Å². The minimum Gasteiger partial charge on any atom is -0.381 e. The van der Waals surface area contributed by atoms with Crippen LogP contribution in [0, 0.1) is 6.92 Å². The molecule has 3 heteroatoms. The van der Waals surface area contributed by atoms with E-state index in [0.717, 1.165) is 22.8 Å². The monoisotopic (exact) mass is 275 g/mol. The lowest BCUT2D eigenvalue weighted by Gasteiger charge is -2.11. The third kappa shape index (κ3) is 3.72. The summed E-state index contributed by atoms with van der Waals surface area (Å²) in [6, 6.07) is 14.3. The van der Waals surface area contributed by atoms with Gasteiger partial charge in [0.2, 0.25) is 0 Å². The third-order valence-electron chi connectivity index (χ3n) is 3.08. The van der Waals surface area contributed by atoms with Crippen LogP contribution in [0.2, 0.25) is 5.02 Å². The van der Waals surface area contributed by atoms with Gasteiger partial charge in [-0.25, -0.2) is 0 Å². The molecule has 0 radical (unpaired) electrons. The van der Waals surface area contributed by atoms with Crippen molar-refractivity contribution in [2.75, 3.05) is 12.4 Å².